The predicted octanol–water partition coefficient (Wildman–Crippen LogP) is 2.54. The molecule has 6 heteroatoms. The molecule has 6 nitrogen and oxygen atoms in total. The van der Waals surface area contributed by atoms with E-state index >= 15 is 0 Å². The quantitative estimate of drug-likeness (QED) is 0.916. The van der Waals surface area contributed by atoms with Crippen LogP contribution in [0, 0.1) is 0 Å². The van der Waals surface area contributed by atoms with Crippen LogP contribution in [-0.4, -0.2) is 33.8 Å². The molecule has 1 aliphatic heterocycles. The first-order valence-electron chi connectivity index (χ1n) is 8.71. The molecule has 0 aliphatic carbocycles. The van der Waals surface area contributed by atoms with Crippen molar-refractivity contribution in [2.45, 2.75) is 45.2 Å². The second-order valence-electron chi connectivity index (χ2n) is 6.30. The highest BCUT2D eigenvalue weighted by atomic mass is 16.2. The van der Waals surface area contributed by atoms with Crippen LogP contribution in [-0.2, 0) is 11.3 Å². The van der Waals surface area contributed by atoms with E-state index in [2.05, 4.69) is 26.4 Å². The number of amides is 1. The first-order chi connectivity index (χ1) is 11.7. The summed E-state index contributed by atoms with van der Waals surface area (Å²) in [6, 6.07) is 5.55. The molecule has 1 atom stereocenters. The normalized spacial score (nSPS) is 16.5. The van der Waals surface area contributed by atoms with E-state index in [9.17, 15) is 4.79 Å². The van der Waals surface area contributed by atoms with E-state index in [1.807, 2.05) is 25.3 Å². The maximum absolute atomic E-state index is 12.2. The zero-order valence-corrected chi connectivity index (χ0v) is 14.2. The molecule has 24 heavy (non-hydrogen) atoms. The molecule has 0 saturated carbocycles. The van der Waals surface area contributed by atoms with Crippen LogP contribution >= 0.6 is 0 Å². The van der Waals surface area contributed by atoms with Crippen LogP contribution < -0.4 is 10.2 Å². The Morgan fingerprint density at radius 3 is 2.75 bits per heavy atom. The van der Waals surface area contributed by atoms with Crippen molar-refractivity contribution in [1.29, 1.82) is 0 Å². The summed E-state index contributed by atoms with van der Waals surface area (Å²) in [7, 11) is 0. The van der Waals surface area contributed by atoms with Gasteiger partial charge in [-0.3, -0.25) is 9.48 Å². The van der Waals surface area contributed by atoms with E-state index in [0.29, 0.717) is 6.54 Å². The van der Waals surface area contributed by atoms with Gasteiger partial charge in [0.25, 0.3) is 0 Å². The van der Waals surface area contributed by atoms with Crippen molar-refractivity contribution >= 4 is 11.7 Å². The van der Waals surface area contributed by atoms with Crippen LogP contribution in [0.1, 0.15) is 44.2 Å². The summed E-state index contributed by atoms with van der Waals surface area (Å²) in [5.74, 6) is 0.982. The Morgan fingerprint density at radius 1 is 1.25 bits per heavy atom. The van der Waals surface area contributed by atoms with Gasteiger partial charge in [0.05, 0.1) is 0 Å². The lowest BCUT2D eigenvalue weighted by atomic mass is 10.2. The van der Waals surface area contributed by atoms with Gasteiger partial charge in [-0.25, -0.2) is 4.98 Å². The van der Waals surface area contributed by atoms with E-state index in [4.69, 9.17) is 0 Å². The van der Waals surface area contributed by atoms with Gasteiger partial charge in [-0.1, -0.05) is 12.8 Å². The number of rotatable bonds is 5. The number of carbonyl (C=O) groups is 1. The van der Waals surface area contributed by atoms with Crippen molar-refractivity contribution in [1.82, 2.24) is 20.1 Å². The second-order valence-corrected chi connectivity index (χ2v) is 6.30. The van der Waals surface area contributed by atoms with Gasteiger partial charge >= 0.3 is 0 Å². The predicted molar refractivity (Wildman–Crippen MR) is 93.7 cm³/mol. The van der Waals surface area contributed by atoms with E-state index in [0.717, 1.165) is 24.5 Å². The van der Waals surface area contributed by atoms with Gasteiger partial charge in [-0.2, -0.15) is 5.10 Å². The largest absolute Gasteiger partial charge is 0.357 e. The minimum absolute atomic E-state index is 0.0353. The molecular formula is C18H25N5O. The van der Waals surface area contributed by atoms with Crippen LogP contribution in [0.3, 0.4) is 0 Å². The summed E-state index contributed by atoms with van der Waals surface area (Å²) in [5, 5.41) is 7.10. The zero-order valence-electron chi connectivity index (χ0n) is 14.2. The van der Waals surface area contributed by atoms with Crippen molar-refractivity contribution in [2.24, 2.45) is 0 Å². The van der Waals surface area contributed by atoms with Gasteiger partial charge < -0.3 is 10.2 Å². The maximum Gasteiger partial charge on any atom is 0.244 e. The SMILES string of the molecule is C[C@H](C(=O)NCc1ccnc(N2CCCCCC2)c1)n1cccn1. The highest BCUT2D eigenvalue weighted by Gasteiger charge is 2.15. The van der Waals surface area contributed by atoms with Gasteiger partial charge in [-0.05, 0) is 43.5 Å². The Balaban J connectivity index is 1.59. The molecular weight excluding hydrogens is 302 g/mol. The summed E-state index contributed by atoms with van der Waals surface area (Å²) < 4.78 is 1.66. The number of hydrogen-bond donors (Lipinski definition) is 1. The average Bonchev–Trinajstić information content (AvgIpc) is 3.01. The van der Waals surface area contributed by atoms with Crippen LogP contribution in [0.4, 0.5) is 5.82 Å². The minimum atomic E-state index is -0.313. The molecule has 3 heterocycles. The smallest absolute Gasteiger partial charge is 0.244 e. The number of carbonyl (C=O) groups excluding carboxylic acids is 1. The molecule has 1 fully saturated rings. The van der Waals surface area contributed by atoms with Crippen molar-refractivity contribution in [3.8, 4) is 0 Å². The highest BCUT2D eigenvalue weighted by Crippen LogP contribution is 2.18. The number of aromatic nitrogens is 3. The van der Waals surface area contributed by atoms with E-state index in [1.54, 1.807) is 17.1 Å². The fourth-order valence-electron chi connectivity index (χ4n) is 3.01. The highest BCUT2D eigenvalue weighted by molar-refractivity contribution is 5.79. The fraction of sp³-hybridized carbons (Fsp3) is 0.500. The molecule has 2 aromatic heterocycles. The Labute approximate surface area is 142 Å². The third kappa shape index (κ3) is 4.13. The summed E-state index contributed by atoms with van der Waals surface area (Å²) >= 11 is 0. The van der Waals surface area contributed by atoms with E-state index in [1.165, 1.54) is 25.7 Å². The molecule has 0 bridgehead atoms. The molecule has 1 N–H and O–H groups in total. The number of nitrogens with zero attached hydrogens (tertiary/aromatic N) is 4. The Bertz CT molecular complexity index is 647. The zero-order chi connectivity index (χ0) is 16.8. The van der Waals surface area contributed by atoms with Gasteiger partial charge in [0, 0.05) is 38.2 Å². The Morgan fingerprint density at radius 2 is 2.04 bits per heavy atom. The topological polar surface area (TPSA) is 63.1 Å². The summed E-state index contributed by atoms with van der Waals surface area (Å²) in [5.41, 5.74) is 1.07. The lowest BCUT2D eigenvalue weighted by Gasteiger charge is -2.22. The monoisotopic (exact) mass is 327 g/mol. The third-order valence-corrected chi connectivity index (χ3v) is 4.51. The summed E-state index contributed by atoms with van der Waals surface area (Å²) in [6.07, 6.45) is 10.4. The minimum Gasteiger partial charge on any atom is -0.357 e. The van der Waals surface area contributed by atoms with Crippen LogP contribution in [0.5, 0.6) is 0 Å². The molecule has 3 rings (SSSR count). The average molecular weight is 327 g/mol. The van der Waals surface area contributed by atoms with Gasteiger partial charge in [-0.15, -0.1) is 0 Å². The van der Waals surface area contributed by atoms with Crippen molar-refractivity contribution in [3.63, 3.8) is 0 Å². The number of nitrogens with one attached hydrogen (secondary N) is 1. The van der Waals surface area contributed by atoms with Gasteiger partial charge in [0.2, 0.25) is 5.91 Å². The number of hydrogen-bond acceptors (Lipinski definition) is 4. The van der Waals surface area contributed by atoms with E-state index < -0.39 is 0 Å². The van der Waals surface area contributed by atoms with Crippen LogP contribution in [0.2, 0.25) is 0 Å². The first kappa shape index (κ1) is 16.5. The van der Waals surface area contributed by atoms with Crippen LogP contribution in [0.25, 0.3) is 0 Å². The Hall–Kier alpha value is -2.37. The second kappa shape index (κ2) is 7.95. The standard InChI is InChI=1S/C18H25N5O/c1-15(23-12-6-8-21-23)18(24)20-14-16-7-9-19-17(13-16)22-10-4-2-3-5-11-22/h6-9,12-13,15H,2-5,10-11,14H2,1H3,(H,20,24)/t15-/m1/s1. The van der Waals surface area contributed by atoms with Crippen LogP contribution in [0.15, 0.2) is 36.8 Å². The molecule has 2 aromatic rings. The lowest BCUT2D eigenvalue weighted by molar-refractivity contribution is -0.124. The number of pyridine rings is 1. The molecule has 0 aromatic carbocycles. The molecule has 128 valence electrons. The van der Waals surface area contributed by atoms with Crippen molar-refractivity contribution < 1.29 is 4.79 Å². The van der Waals surface area contributed by atoms with Gasteiger partial charge in [0.1, 0.15) is 11.9 Å². The Kier molecular flexibility index (Phi) is 5.46. The van der Waals surface area contributed by atoms with Crippen molar-refractivity contribution in [2.75, 3.05) is 18.0 Å². The molecule has 0 radical (unpaired) electrons. The first-order valence-corrected chi connectivity index (χ1v) is 8.71. The van der Waals surface area contributed by atoms with Gasteiger partial charge in [0.15, 0.2) is 0 Å². The maximum atomic E-state index is 12.2. The molecule has 0 unspecified atom stereocenters. The van der Waals surface area contributed by atoms with Crippen molar-refractivity contribution in [3.05, 3.63) is 42.4 Å². The summed E-state index contributed by atoms with van der Waals surface area (Å²) in [4.78, 5) is 19.1. The van der Waals surface area contributed by atoms with E-state index in [-0.39, 0.29) is 11.9 Å². The fourth-order valence-corrected chi connectivity index (χ4v) is 3.01. The lowest BCUT2D eigenvalue weighted by Crippen LogP contribution is -2.31. The third-order valence-electron chi connectivity index (χ3n) is 4.51. The molecule has 0 spiro atoms. The molecule has 1 saturated heterocycles. The molecule has 1 aliphatic rings. The summed E-state index contributed by atoms with van der Waals surface area (Å²) in [6.45, 7) is 4.49. The number of anilines is 1. The molecule has 1 amide bonds.